The zero-order valence-corrected chi connectivity index (χ0v) is 22.5. The van der Waals surface area contributed by atoms with Crippen LogP contribution in [0.3, 0.4) is 0 Å². The lowest BCUT2D eigenvalue weighted by atomic mass is 9.78. The van der Waals surface area contributed by atoms with Gasteiger partial charge in [-0.15, -0.1) is 20.5 Å². The van der Waals surface area contributed by atoms with Gasteiger partial charge in [-0.3, -0.25) is 9.59 Å². The van der Waals surface area contributed by atoms with E-state index in [4.69, 9.17) is 0 Å². The van der Waals surface area contributed by atoms with E-state index in [1.54, 1.807) is 0 Å². The van der Waals surface area contributed by atoms with Crippen molar-refractivity contribution in [1.82, 2.24) is 20.8 Å². The van der Waals surface area contributed by atoms with E-state index in [2.05, 4.69) is 10.6 Å². The first-order valence-corrected chi connectivity index (χ1v) is 12.9. The van der Waals surface area contributed by atoms with Crippen LogP contribution in [0.15, 0.2) is 23.3 Å². The Morgan fingerprint density at radius 2 is 0.943 bits per heavy atom. The molecule has 2 aliphatic heterocycles. The number of allylic oxidation sites excluding steroid dienone is 2. The molecule has 2 aliphatic carbocycles. The van der Waals surface area contributed by atoms with E-state index >= 15 is 0 Å². The SMILES string of the molecule is CC1(C)CC(NC(=O)C2=C(C(=O)NC3CC(C)(C)N([O])C(C)(C)C3)[C@H]3C=C[C@@H]2C3)CC(C)(C)N1[O]. The van der Waals surface area contributed by atoms with Gasteiger partial charge in [0.25, 0.3) is 0 Å². The Kier molecular flexibility index (Phi) is 6.32. The van der Waals surface area contributed by atoms with Crippen LogP contribution in [0.2, 0.25) is 0 Å². The maximum atomic E-state index is 13.5. The second kappa shape index (κ2) is 8.40. The topological polar surface area (TPSA) is 104 Å². The molecule has 0 spiro atoms. The lowest BCUT2D eigenvalue weighted by molar-refractivity contribution is -0.290. The molecular formula is C27H42N4O4. The average molecular weight is 487 g/mol. The first-order valence-electron chi connectivity index (χ1n) is 12.9. The van der Waals surface area contributed by atoms with Gasteiger partial charge in [0, 0.05) is 57.2 Å². The van der Waals surface area contributed by atoms with Gasteiger partial charge in [0.05, 0.1) is 0 Å². The van der Waals surface area contributed by atoms with Gasteiger partial charge >= 0.3 is 0 Å². The molecule has 2 heterocycles. The van der Waals surface area contributed by atoms with E-state index in [0.717, 1.165) is 16.5 Å². The summed E-state index contributed by atoms with van der Waals surface area (Å²) in [5.41, 5.74) is -1.21. The third kappa shape index (κ3) is 4.70. The smallest absolute Gasteiger partial charge is 0.248 e. The number of nitrogens with one attached hydrogen (secondary N) is 2. The van der Waals surface area contributed by atoms with Crippen molar-refractivity contribution in [2.45, 2.75) is 122 Å². The highest BCUT2D eigenvalue weighted by Gasteiger charge is 2.49. The summed E-state index contributed by atoms with van der Waals surface area (Å²) in [5, 5.41) is 34.1. The molecule has 194 valence electrons. The van der Waals surface area contributed by atoms with Crippen LogP contribution < -0.4 is 10.6 Å². The summed E-state index contributed by atoms with van der Waals surface area (Å²) in [4.78, 5) is 27.1. The predicted octanol–water partition coefficient (Wildman–Crippen LogP) is 3.46. The second-order valence-corrected chi connectivity index (χ2v) is 13.7. The fraction of sp³-hybridized carbons (Fsp3) is 0.778. The van der Waals surface area contributed by atoms with Gasteiger partial charge in [0.15, 0.2) is 0 Å². The van der Waals surface area contributed by atoms with Crippen LogP contribution in [-0.2, 0) is 20.0 Å². The van der Waals surface area contributed by atoms with Crippen molar-refractivity contribution >= 4 is 11.8 Å². The molecule has 0 aromatic heterocycles. The van der Waals surface area contributed by atoms with E-state index in [-0.39, 0.29) is 35.7 Å². The normalized spacial score (nSPS) is 32.2. The molecule has 2 fully saturated rings. The van der Waals surface area contributed by atoms with Crippen LogP contribution in [0.1, 0.15) is 87.5 Å². The molecule has 8 heteroatoms. The lowest BCUT2D eigenvalue weighted by Gasteiger charge is -2.50. The minimum Gasteiger partial charge on any atom is -0.349 e. The third-order valence-electron chi connectivity index (χ3n) is 8.46. The number of piperidine rings is 2. The molecule has 0 aromatic carbocycles. The van der Waals surface area contributed by atoms with E-state index in [0.29, 0.717) is 36.8 Å². The molecule has 0 aromatic rings. The Balaban J connectivity index is 1.52. The highest BCUT2D eigenvalue weighted by Crippen LogP contribution is 2.45. The molecule has 2 saturated heterocycles. The van der Waals surface area contributed by atoms with E-state index < -0.39 is 22.2 Å². The third-order valence-corrected chi connectivity index (χ3v) is 8.46. The molecule has 4 rings (SSSR count). The summed E-state index contributed by atoms with van der Waals surface area (Å²) >= 11 is 0. The first-order chi connectivity index (χ1) is 15.9. The van der Waals surface area contributed by atoms with Crippen molar-refractivity contribution in [2.24, 2.45) is 11.8 Å². The molecule has 8 nitrogen and oxygen atoms in total. The fourth-order valence-corrected chi connectivity index (χ4v) is 7.37. The second-order valence-electron chi connectivity index (χ2n) is 13.7. The summed E-state index contributed by atoms with van der Waals surface area (Å²) in [7, 11) is 0. The van der Waals surface area contributed by atoms with Crippen LogP contribution in [0.25, 0.3) is 0 Å². The van der Waals surface area contributed by atoms with Crippen molar-refractivity contribution < 1.29 is 20.0 Å². The number of amides is 2. The minimum atomic E-state index is -0.584. The highest BCUT2D eigenvalue weighted by atomic mass is 16.5. The summed E-state index contributed by atoms with van der Waals surface area (Å²) < 4.78 is 0. The maximum absolute atomic E-state index is 13.5. The fourth-order valence-electron chi connectivity index (χ4n) is 7.37. The molecule has 2 bridgehead atoms. The van der Waals surface area contributed by atoms with Crippen LogP contribution in [-0.4, -0.2) is 56.2 Å². The van der Waals surface area contributed by atoms with Crippen molar-refractivity contribution in [2.75, 3.05) is 0 Å². The van der Waals surface area contributed by atoms with E-state index in [1.807, 2.05) is 67.5 Å². The van der Waals surface area contributed by atoms with Crippen molar-refractivity contribution in [3.63, 3.8) is 0 Å². The van der Waals surface area contributed by atoms with Crippen molar-refractivity contribution in [3.8, 4) is 0 Å². The summed E-state index contributed by atoms with van der Waals surface area (Å²) in [6.07, 6.45) is 7.05. The molecule has 0 saturated carbocycles. The summed E-state index contributed by atoms with van der Waals surface area (Å²) in [6, 6.07) is -0.277. The molecule has 0 unspecified atom stereocenters. The van der Waals surface area contributed by atoms with Gasteiger partial charge < -0.3 is 10.6 Å². The highest BCUT2D eigenvalue weighted by molar-refractivity contribution is 6.07. The standard InChI is InChI=1S/C27H42N4O4/c1-24(2)12-18(13-25(3,4)30(24)34)28-22(32)20-16-9-10-17(11-16)21(20)23(33)29-19-14-26(5,6)31(35)27(7,8)15-19/h9-10,16-19H,11-15H2,1-8H3,(H,28,32)(H,29,33)/t16-,17+. The number of fused-ring (bicyclic) bond motifs is 2. The average Bonchev–Trinajstić information content (AvgIpc) is 3.31. The molecular weight excluding hydrogens is 444 g/mol. The lowest BCUT2D eigenvalue weighted by Crippen LogP contribution is -2.62. The largest absolute Gasteiger partial charge is 0.349 e. The van der Waals surface area contributed by atoms with Crippen LogP contribution in [0.4, 0.5) is 0 Å². The van der Waals surface area contributed by atoms with Gasteiger partial charge in [-0.25, -0.2) is 0 Å². The molecule has 35 heavy (non-hydrogen) atoms. The first kappa shape index (κ1) is 26.3. The number of hydrogen-bond acceptors (Lipinski definition) is 4. The number of nitrogens with zero attached hydrogens (tertiary/aromatic N) is 2. The van der Waals surface area contributed by atoms with Crippen LogP contribution >= 0.6 is 0 Å². The molecule has 2 radical (unpaired) electrons. The van der Waals surface area contributed by atoms with Crippen LogP contribution in [0.5, 0.6) is 0 Å². The molecule has 2 atom stereocenters. The van der Waals surface area contributed by atoms with E-state index in [9.17, 15) is 20.0 Å². The van der Waals surface area contributed by atoms with E-state index in [1.165, 1.54) is 0 Å². The Labute approximate surface area is 209 Å². The number of carbonyl (C=O) groups is 2. The summed E-state index contributed by atoms with van der Waals surface area (Å²) in [6.45, 7) is 15.3. The van der Waals surface area contributed by atoms with Gasteiger partial charge in [0.1, 0.15) is 0 Å². The van der Waals surface area contributed by atoms with Crippen molar-refractivity contribution in [1.29, 1.82) is 0 Å². The summed E-state index contributed by atoms with van der Waals surface area (Å²) in [5.74, 6) is -0.508. The Morgan fingerprint density at radius 3 is 1.23 bits per heavy atom. The Morgan fingerprint density at radius 1 is 0.657 bits per heavy atom. The van der Waals surface area contributed by atoms with Gasteiger partial charge in [-0.1, -0.05) is 12.2 Å². The number of rotatable bonds is 4. The zero-order chi connectivity index (χ0) is 26.1. The monoisotopic (exact) mass is 486 g/mol. The van der Waals surface area contributed by atoms with Crippen molar-refractivity contribution in [3.05, 3.63) is 23.3 Å². The number of hydrogen-bond donors (Lipinski definition) is 2. The Bertz CT molecular complexity index is 854. The van der Waals surface area contributed by atoms with Crippen LogP contribution in [0, 0.1) is 11.8 Å². The molecule has 4 aliphatic rings. The van der Waals surface area contributed by atoms with Gasteiger partial charge in [-0.2, -0.15) is 0 Å². The quantitative estimate of drug-likeness (QED) is 0.594. The van der Waals surface area contributed by atoms with Gasteiger partial charge in [-0.05, 0) is 87.5 Å². The zero-order valence-electron chi connectivity index (χ0n) is 22.5. The number of hydroxylamine groups is 4. The maximum Gasteiger partial charge on any atom is 0.248 e. The number of carbonyl (C=O) groups excluding carboxylic acids is 2. The Hall–Kier alpha value is -1.74. The minimum absolute atomic E-state index is 0.0576. The van der Waals surface area contributed by atoms with Gasteiger partial charge in [0.2, 0.25) is 11.8 Å². The molecule has 2 N–H and O–H groups in total. The predicted molar refractivity (Wildman–Crippen MR) is 131 cm³/mol. The molecule has 2 amide bonds.